The maximum atomic E-state index is 13.6. The first kappa shape index (κ1) is 22.3. The van der Waals surface area contributed by atoms with Crippen molar-refractivity contribution in [1.29, 1.82) is 0 Å². The number of fused-ring (bicyclic) bond motifs is 1. The number of nitrogens with zero attached hydrogens (tertiary/aromatic N) is 3. The summed E-state index contributed by atoms with van der Waals surface area (Å²) in [5, 5.41) is 0. The fraction of sp³-hybridized carbons (Fsp3) is 0.357. The van der Waals surface area contributed by atoms with Gasteiger partial charge < -0.3 is 19.1 Å². The lowest BCUT2D eigenvalue weighted by atomic mass is 9.99. The fourth-order valence-corrected chi connectivity index (χ4v) is 4.69. The van der Waals surface area contributed by atoms with E-state index in [1.165, 1.54) is 0 Å². The van der Waals surface area contributed by atoms with Crippen LogP contribution in [0, 0.1) is 5.92 Å². The first-order valence-electron chi connectivity index (χ1n) is 12.1. The van der Waals surface area contributed by atoms with Crippen LogP contribution in [0.4, 0.5) is 0 Å². The van der Waals surface area contributed by atoms with E-state index in [0.717, 1.165) is 42.1 Å². The summed E-state index contributed by atoms with van der Waals surface area (Å²) in [5.41, 5.74) is 2.06. The summed E-state index contributed by atoms with van der Waals surface area (Å²) in [6.07, 6.45) is 3.93. The van der Waals surface area contributed by atoms with Crippen LogP contribution in [0.25, 0.3) is 0 Å². The molecule has 3 aromatic rings. The molecule has 0 saturated heterocycles. The molecule has 1 aliphatic carbocycles. The molecule has 34 heavy (non-hydrogen) atoms. The molecule has 6 heteroatoms. The number of amides is 2. The van der Waals surface area contributed by atoms with Gasteiger partial charge in [-0.2, -0.15) is 0 Å². The maximum absolute atomic E-state index is 13.6. The van der Waals surface area contributed by atoms with Crippen molar-refractivity contribution in [1.82, 2.24) is 14.4 Å². The zero-order chi connectivity index (χ0) is 23.7. The Kier molecular flexibility index (Phi) is 6.14. The Bertz CT molecular complexity index is 1170. The molecule has 2 aromatic carbocycles. The summed E-state index contributed by atoms with van der Waals surface area (Å²) < 4.78 is 8.28. The van der Waals surface area contributed by atoms with Gasteiger partial charge in [0.05, 0.1) is 6.04 Å². The molecule has 1 aliphatic heterocycles. The number of hydrogen-bond donors (Lipinski definition) is 0. The van der Waals surface area contributed by atoms with E-state index in [-0.39, 0.29) is 36.4 Å². The van der Waals surface area contributed by atoms with Crippen LogP contribution in [-0.4, -0.2) is 45.3 Å². The number of carbonyl (C=O) groups is 2. The molecular weight excluding hydrogens is 426 g/mol. The first-order chi connectivity index (χ1) is 16.5. The minimum absolute atomic E-state index is 0.00764. The molecule has 2 amide bonds. The van der Waals surface area contributed by atoms with Crippen molar-refractivity contribution in [3.05, 3.63) is 84.2 Å². The average Bonchev–Trinajstić information content (AvgIpc) is 3.59. The summed E-state index contributed by atoms with van der Waals surface area (Å²) in [4.78, 5) is 30.1. The normalized spacial score (nSPS) is 17.4. The second-order valence-electron chi connectivity index (χ2n) is 9.44. The number of ether oxygens (including phenoxy) is 1. The number of carbonyl (C=O) groups excluding carboxylic acids is 2. The van der Waals surface area contributed by atoms with Crippen molar-refractivity contribution in [3.8, 4) is 11.5 Å². The molecule has 2 aliphatic rings. The molecule has 176 valence electrons. The third-order valence-corrected chi connectivity index (χ3v) is 6.65. The number of aromatic nitrogens is 1. The number of hydrogen-bond acceptors (Lipinski definition) is 3. The Morgan fingerprint density at radius 3 is 2.47 bits per heavy atom. The molecular formula is C28H31N3O3. The van der Waals surface area contributed by atoms with Crippen LogP contribution in [0.5, 0.6) is 11.5 Å². The van der Waals surface area contributed by atoms with E-state index in [1.54, 1.807) is 4.90 Å². The topological polar surface area (TPSA) is 54.8 Å². The van der Waals surface area contributed by atoms with Crippen molar-refractivity contribution in [2.45, 2.75) is 45.3 Å². The van der Waals surface area contributed by atoms with Crippen LogP contribution >= 0.6 is 0 Å². The van der Waals surface area contributed by atoms with Gasteiger partial charge >= 0.3 is 0 Å². The number of rotatable bonds is 7. The first-order valence-corrected chi connectivity index (χ1v) is 12.1. The Morgan fingerprint density at radius 1 is 0.971 bits per heavy atom. The predicted octanol–water partition coefficient (Wildman–Crippen LogP) is 4.86. The lowest BCUT2D eigenvalue weighted by Gasteiger charge is -2.39. The third kappa shape index (κ3) is 4.58. The van der Waals surface area contributed by atoms with Crippen molar-refractivity contribution < 1.29 is 14.3 Å². The highest BCUT2D eigenvalue weighted by Gasteiger charge is 2.38. The molecule has 0 bridgehead atoms. The molecule has 0 radical (unpaired) electrons. The molecule has 1 atom stereocenters. The zero-order valence-electron chi connectivity index (χ0n) is 19.8. The number of benzene rings is 2. The molecule has 1 saturated carbocycles. The van der Waals surface area contributed by atoms with E-state index < -0.39 is 0 Å². The van der Waals surface area contributed by atoms with Crippen LogP contribution in [-0.2, 0) is 16.1 Å². The minimum atomic E-state index is -0.236. The van der Waals surface area contributed by atoms with Crippen molar-refractivity contribution in [3.63, 3.8) is 0 Å². The Hall–Kier alpha value is -3.54. The standard InChI is InChI=1S/C28H31N3O3/c1-20(2)31(28(33)21-13-14-21)19-26(32)30-17-16-29-15-7-12-25(29)27(30)22-8-6-11-24(18-22)34-23-9-4-3-5-10-23/h3-12,15,18,20-21,27H,13-14,16-17,19H2,1-2H3. The Balaban J connectivity index is 1.43. The molecule has 0 N–H and O–H groups in total. The van der Waals surface area contributed by atoms with E-state index in [2.05, 4.69) is 16.8 Å². The smallest absolute Gasteiger partial charge is 0.243 e. The average molecular weight is 458 g/mol. The van der Waals surface area contributed by atoms with Gasteiger partial charge in [-0.3, -0.25) is 9.59 Å². The van der Waals surface area contributed by atoms with E-state index in [0.29, 0.717) is 6.54 Å². The van der Waals surface area contributed by atoms with Crippen LogP contribution < -0.4 is 4.74 Å². The van der Waals surface area contributed by atoms with Crippen LogP contribution in [0.3, 0.4) is 0 Å². The highest BCUT2D eigenvalue weighted by molar-refractivity contribution is 5.87. The van der Waals surface area contributed by atoms with E-state index in [1.807, 2.05) is 79.4 Å². The second-order valence-corrected chi connectivity index (χ2v) is 9.44. The predicted molar refractivity (Wildman–Crippen MR) is 131 cm³/mol. The second kappa shape index (κ2) is 9.37. The van der Waals surface area contributed by atoms with Crippen molar-refractivity contribution in [2.75, 3.05) is 13.1 Å². The van der Waals surface area contributed by atoms with E-state index >= 15 is 0 Å². The summed E-state index contributed by atoms with van der Waals surface area (Å²) in [7, 11) is 0. The van der Waals surface area contributed by atoms with Crippen LogP contribution in [0.15, 0.2) is 72.9 Å². The summed E-state index contributed by atoms with van der Waals surface area (Å²) >= 11 is 0. The van der Waals surface area contributed by atoms with Gasteiger partial charge in [-0.15, -0.1) is 0 Å². The quantitative estimate of drug-likeness (QED) is 0.509. The molecule has 1 fully saturated rings. The van der Waals surface area contributed by atoms with Crippen LogP contribution in [0.1, 0.15) is 44.0 Å². The van der Waals surface area contributed by atoms with E-state index in [4.69, 9.17) is 4.74 Å². The molecule has 6 nitrogen and oxygen atoms in total. The summed E-state index contributed by atoms with van der Waals surface area (Å²) in [6, 6.07) is 21.5. The van der Waals surface area contributed by atoms with Crippen molar-refractivity contribution in [2.24, 2.45) is 5.92 Å². The molecule has 1 unspecified atom stereocenters. The van der Waals surface area contributed by atoms with Crippen molar-refractivity contribution >= 4 is 11.8 Å². The van der Waals surface area contributed by atoms with Gasteiger partial charge in [0.2, 0.25) is 11.8 Å². The van der Waals surface area contributed by atoms with Crippen LogP contribution in [0.2, 0.25) is 0 Å². The van der Waals surface area contributed by atoms with Gasteiger partial charge in [0.25, 0.3) is 0 Å². The summed E-state index contributed by atoms with van der Waals surface area (Å²) in [5.74, 6) is 1.68. The van der Waals surface area contributed by atoms with Gasteiger partial charge in [-0.1, -0.05) is 30.3 Å². The lowest BCUT2D eigenvalue weighted by Crippen LogP contribution is -2.49. The lowest BCUT2D eigenvalue weighted by molar-refractivity contribution is -0.144. The zero-order valence-corrected chi connectivity index (χ0v) is 19.8. The molecule has 2 heterocycles. The third-order valence-electron chi connectivity index (χ3n) is 6.65. The highest BCUT2D eigenvalue weighted by atomic mass is 16.5. The SMILES string of the molecule is CC(C)N(CC(=O)N1CCn2cccc2C1c1cccc(Oc2ccccc2)c1)C(=O)C1CC1. The molecule has 1 aromatic heterocycles. The monoisotopic (exact) mass is 457 g/mol. The molecule has 5 rings (SSSR count). The minimum Gasteiger partial charge on any atom is -0.457 e. The Morgan fingerprint density at radius 2 is 1.74 bits per heavy atom. The maximum Gasteiger partial charge on any atom is 0.243 e. The van der Waals surface area contributed by atoms with Gasteiger partial charge in [0.15, 0.2) is 0 Å². The van der Waals surface area contributed by atoms with Gasteiger partial charge in [0.1, 0.15) is 18.0 Å². The van der Waals surface area contributed by atoms with E-state index in [9.17, 15) is 9.59 Å². The van der Waals surface area contributed by atoms with Gasteiger partial charge in [-0.25, -0.2) is 0 Å². The fourth-order valence-electron chi connectivity index (χ4n) is 4.69. The van der Waals surface area contributed by atoms with Gasteiger partial charge in [-0.05, 0) is 68.7 Å². The van der Waals surface area contributed by atoms with Gasteiger partial charge in [0, 0.05) is 36.9 Å². The largest absolute Gasteiger partial charge is 0.457 e. The number of para-hydroxylation sites is 1. The molecule has 0 spiro atoms. The Labute approximate surface area is 200 Å². The summed E-state index contributed by atoms with van der Waals surface area (Å²) in [6.45, 7) is 5.42. The highest BCUT2D eigenvalue weighted by Crippen LogP contribution is 2.36.